The normalized spacial score (nSPS) is 11.2. The topological polar surface area (TPSA) is 55.1 Å². The fourth-order valence-corrected chi connectivity index (χ4v) is 4.16. The van der Waals surface area contributed by atoms with Crippen molar-refractivity contribution in [1.29, 1.82) is 5.26 Å². The van der Waals surface area contributed by atoms with Crippen LogP contribution in [0.4, 0.5) is 0 Å². The lowest BCUT2D eigenvalue weighted by atomic mass is 10.1. The number of aryl methyl sites for hydroxylation is 2. The Morgan fingerprint density at radius 2 is 1.82 bits per heavy atom. The van der Waals surface area contributed by atoms with Crippen LogP contribution in [0.25, 0.3) is 22.9 Å². The van der Waals surface area contributed by atoms with Crippen molar-refractivity contribution in [3.63, 3.8) is 0 Å². The Bertz CT molecular complexity index is 1330. The summed E-state index contributed by atoms with van der Waals surface area (Å²) in [7, 11) is 1.61. The quantitative estimate of drug-likeness (QED) is 0.281. The van der Waals surface area contributed by atoms with Gasteiger partial charge in [0, 0.05) is 10.9 Å². The van der Waals surface area contributed by atoms with Crippen molar-refractivity contribution >= 4 is 23.0 Å². The molecule has 3 aromatic carbocycles. The number of allylic oxidation sites excluding steroid dienone is 1. The van der Waals surface area contributed by atoms with Gasteiger partial charge in [0.25, 0.3) is 0 Å². The number of benzene rings is 3. The van der Waals surface area contributed by atoms with E-state index in [9.17, 15) is 5.26 Å². The van der Waals surface area contributed by atoms with E-state index in [1.54, 1.807) is 7.11 Å². The molecule has 0 saturated heterocycles. The molecule has 4 rings (SSSR count). The third-order valence-electron chi connectivity index (χ3n) is 5.39. The van der Waals surface area contributed by atoms with E-state index < -0.39 is 0 Å². The molecule has 0 spiro atoms. The minimum absolute atomic E-state index is 0.455. The molecule has 0 fully saturated rings. The summed E-state index contributed by atoms with van der Waals surface area (Å²) in [4.78, 5) is 4.71. The first-order valence-corrected chi connectivity index (χ1v) is 11.5. The fraction of sp³-hybridized carbons (Fsp3) is 0.143. The summed E-state index contributed by atoms with van der Waals surface area (Å²) in [6, 6.07) is 24.2. The number of methoxy groups -OCH3 is 1. The molecule has 33 heavy (non-hydrogen) atoms. The summed E-state index contributed by atoms with van der Waals surface area (Å²) in [5, 5.41) is 12.5. The van der Waals surface area contributed by atoms with Crippen LogP contribution >= 0.6 is 11.3 Å². The predicted molar refractivity (Wildman–Crippen MR) is 134 cm³/mol. The minimum Gasteiger partial charge on any atom is -0.493 e. The van der Waals surface area contributed by atoms with Crippen LogP contribution in [0.15, 0.2) is 72.1 Å². The largest absolute Gasteiger partial charge is 0.493 e. The molecule has 0 saturated carbocycles. The highest BCUT2D eigenvalue weighted by atomic mass is 32.1. The molecule has 1 aromatic heterocycles. The molecule has 0 bridgehead atoms. The Morgan fingerprint density at radius 1 is 1.00 bits per heavy atom. The molecule has 4 aromatic rings. The molecule has 1 heterocycles. The van der Waals surface area contributed by atoms with Gasteiger partial charge in [-0.3, -0.25) is 0 Å². The van der Waals surface area contributed by atoms with E-state index >= 15 is 0 Å². The van der Waals surface area contributed by atoms with Gasteiger partial charge in [-0.25, -0.2) is 4.98 Å². The monoisotopic (exact) mass is 452 g/mol. The lowest BCUT2D eigenvalue weighted by Crippen LogP contribution is -1.97. The Hall–Kier alpha value is -3.88. The van der Waals surface area contributed by atoms with Crippen molar-refractivity contribution in [3.05, 3.63) is 99.4 Å². The average Bonchev–Trinajstić information content (AvgIpc) is 3.34. The van der Waals surface area contributed by atoms with Crippen LogP contribution in [0.2, 0.25) is 0 Å². The Morgan fingerprint density at radius 3 is 2.55 bits per heavy atom. The van der Waals surface area contributed by atoms with E-state index in [0.29, 0.717) is 28.7 Å². The molecule has 0 N–H and O–H groups in total. The molecular weight excluding hydrogens is 428 g/mol. The first-order valence-electron chi connectivity index (χ1n) is 10.6. The minimum atomic E-state index is 0.455. The van der Waals surface area contributed by atoms with Crippen LogP contribution in [-0.2, 0) is 6.61 Å². The van der Waals surface area contributed by atoms with E-state index in [1.165, 1.54) is 22.5 Å². The van der Waals surface area contributed by atoms with Gasteiger partial charge in [0.2, 0.25) is 0 Å². The summed E-state index contributed by atoms with van der Waals surface area (Å²) in [5.74, 6) is 1.27. The van der Waals surface area contributed by atoms with Crippen LogP contribution in [0.3, 0.4) is 0 Å². The van der Waals surface area contributed by atoms with E-state index in [0.717, 1.165) is 22.4 Å². The summed E-state index contributed by atoms with van der Waals surface area (Å²) < 4.78 is 11.5. The zero-order valence-electron chi connectivity index (χ0n) is 18.8. The third-order valence-corrected chi connectivity index (χ3v) is 6.27. The van der Waals surface area contributed by atoms with Crippen LogP contribution in [-0.4, -0.2) is 12.1 Å². The summed E-state index contributed by atoms with van der Waals surface area (Å²) >= 11 is 1.47. The van der Waals surface area contributed by atoms with Crippen molar-refractivity contribution < 1.29 is 9.47 Å². The molecule has 4 nitrogen and oxygen atoms in total. The molecule has 5 heteroatoms. The number of hydrogen-bond acceptors (Lipinski definition) is 5. The molecule has 164 valence electrons. The second-order valence-corrected chi connectivity index (χ2v) is 8.55. The van der Waals surface area contributed by atoms with E-state index in [1.807, 2.05) is 60.0 Å². The highest BCUT2D eigenvalue weighted by Crippen LogP contribution is 2.32. The maximum atomic E-state index is 9.78. The molecule has 0 amide bonds. The van der Waals surface area contributed by atoms with Crippen LogP contribution < -0.4 is 9.47 Å². The third kappa shape index (κ3) is 5.31. The number of aromatic nitrogens is 1. The second-order valence-electron chi connectivity index (χ2n) is 7.69. The highest BCUT2D eigenvalue weighted by molar-refractivity contribution is 7.11. The predicted octanol–water partition coefficient (Wildman–Crippen LogP) is 7.08. The van der Waals surface area contributed by atoms with Crippen molar-refractivity contribution in [2.24, 2.45) is 0 Å². The molecule has 0 radical (unpaired) electrons. The molecule has 0 aliphatic rings. The van der Waals surface area contributed by atoms with Gasteiger partial charge in [-0.15, -0.1) is 11.3 Å². The molecular formula is C28H24N2O2S. The Labute approximate surface area is 198 Å². The van der Waals surface area contributed by atoms with E-state index in [2.05, 4.69) is 38.1 Å². The maximum absolute atomic E-state index is 9.78. The first-order chi connectivity index (χ1) is 16.1. The van der Waals surface area contributed by atoms with Gasteiger partial charge in [-0.05, 0) is 60.4 Å². The fourth-order valence-electron chi connectivity index (χ4n) is 3.37. The van der Waals surface area contributed by atoms with Gasteiger partial charge < -0.3 is 9.47 Å². The number of hydrogen-bond donors (Lipinski definition) is 0. The summed E-state index contributed by atoms with van der Waals surface area (Å²) in [5.41, 5.74) is 6.84. The van der Waals surface area contributed by atoms with Gasteiger partial charge in [0.15, 0.2) is 11.5 Å². The lowest BCUT2D eigenvalue weighted by Gasteiger charge is -2.11. The molecule has 0 aliphatic heterocycles. The van der Waals surface area contributed by atoms with Gasteiger partial charge in [-0.2, -0.15) is 5.26 Å². The SMILES string of the molecule is COc1cc(/C=C(/C#N)c2nc(-c3ccc(C)c(C)c3)cs2)ccc1OCc1ccccc1. The number of nitriles is 1. The summed E-state index contributed by atoms with van der Waals surface area (Å²) in [6.07, 6.45) is 1.83. The van der Waals surface area contributed by atoms with Crippen LogP contribution in [0.5, 0.6) is 11.5 Å². The maximum Gasteiger partial charge on any atom is 0.161 e. The van der Waals surface area contributed by atoms with Gasteiger partial charge in [0.1, 0.15) is 17.7 Å². The lowest BCUT2D eigenvalue weighted by molar-refractivity contribution is 0.284. The molecule has 0 aliphatic carbocycles. The first kappa shape index (κ1) is 22.3. The van der Waals surface area contributed by atoms with Crippen LogP contribution in [0.1, 0.15) is 27.3 Å². The van der Waals surface area contributed by atoms with Gasteiger partial charge in [0.05, 0.1) is 18.4 Å². The molecule has 0 atom stereocenters. The summed E-state index contributed by atoms with van der Waals surface area (Å²) in [6.45, 7) is 4.64. The second kappa shape index (κ2) is 10.2. The van der Waals surface area contributed by atoms with Crippen LogP contribution in [0, 0.1) is 25.2 Å². The standard InChI is InChI=1S/C28H24N2O2S/c1-19-9-11-23(13-20(19)2)25-18-33-28(30-25)24(16-29)14-22-10-12-26(27(15-22)31-3)32-17-21-7-5-4-6-8-21/h4-15,18H,17H2,1-3H3/b24-14-. The van der Waals surface area contributed by atoms with Gasteiger partial charge >= 0.3 is 0 Å². The zero-order chi connectivity index (χ0) is 23.2. The number of nitrogens with zero attached hydrogens (tertiary/aromatic N) is 2. The Kier molecular flexibility index (Phi) is 6.87. The number of thiazole rings is 1. The van der Waals surface area contributed by atoms with Crippen molar-refractivity contribution in [3.8, 4) is 28.8 Å². The van der Waals surface area contributed by atoms with Gasteiger partial charge in [-0.1, -0.05) is 48.5 Å². The van der Waals surface area contributed by atoms with E-state index in [4.69, 9.17) is 14.5 Å². The highest BCUT2D eigenvalue weighted by Gasteiger charge is 2.11. The molecule has 0 unspecified atom stereocenters. The van der Waals surface area contributed by atoms with Crippen molar-refractivity contribution in [2.45, 2.75) is 20.5 Å². The smallest absolute Gasteiger partial charge is 0.161 e. The number of rotatable bonds is 7. The number of ether oxygens (including phenoxy) is 2. The van der Waals surface area contributed by atoms with Crippen molar-refractivity contribution in [2.75, 3.05) is 7.11 Å². The van der Waals surface area contributed by atoms with E-state index in [-0.39, 0.29) is 0 Å². The average molecular weight is 453 g/mol. The van der Waals surface area contributed by atoms with Crippen molar-refractivity contribution in [1.82, 2.24) is 4.98 Å². The Balaban J connectivity index is 1.56. The zero-order valence-corrected chi connectivity index (χ0v) is 19.6.